The van der Waals surface area contributed by atoms with Gasteiger partial charge in [0, 0.05) is 64.9 Å². The standard InChI is InChI=1S/C35H28N8/c1-41-30-22-14-6-8-16-24(22)32(41)39-34-26-18-10-11-19-27(26)35(43(34)3)40-33-25-17-9-7-15-23(25)31(42(33)2)38-29-21-13-5-4-12-20(21)28(36-29)37-30/h4-19,30-31H,1-3H3,(H,36,37,38). The van der Waals surface area contributed by atoms with Crippen LogP contribution in [0, 0.1) is 0 Å². The Bertz CT molecular complexity index is 2160. The van der Waals surface area contributed by atoms with Crippen molar-refractivity contribution < 1.29 is 0 Å². The smallest absolute Gasteiger partial charge is 0.151 e. The van der Waals surface area contributed by atoms with Gasteiger partial charge in [-0.3, -0.25) is 0 Å². The molecule has 2 aromatic heterocycles. The Morgan fingerprint density at radius 1 is 0.512 bits per heavy atom. The number of fused-ring (bicyclic) bond motifs is 20. The molecule has 0 radical (unpaired) electrons. The number of benzene rings is 4. The van der Waals surface area contributed by atoms with Crippen molar-refractivity contribution in [2.45, 2.75) is 12.3 Å². The number of nitrogens with one attached hydrogen (secondary N) is 1. The molecule has 2 atom stereocenters. The number of rotatable bonds is 0. The molecule has 3 aliphatic heterocycles. The van der Waals surface area contributed by atoms with Gasteiger partial charge in [-0.2, -0.15) is 0 Å². The highest BCUT2D eigenvalue weighted by atomic mass is 15.3. The molecule has 43 heavy (non-hydrogen) atoms. The average Bonchev–Trinajstić information content (AvgIpc) is 3.69. The molecular weight excluding hydrogens is 532 g/mol. The van der Waals surface area contributed by atoms with Gasteiger partial charge in [0.25, 0.3) is 0 Å². The van der Waals surface area contributed by atoms with Gasteiger partial charge in [0.2, 0.25) is 0 Å². The van der Waals surface area contributed by atoms with Gasteiger partial charge in [-0.1, -0.05) is 97.1 Å². The summed E-state index contributed by atoms with van der Waals surface area (Å²) in [4.78, 5) is 29.4. The van der Waals surface area contributed by atoms with Crippen LogP contribution in [0.25, 0.3) is 21.5 Å². The predicted molar refractivity (Wildman–Crippen MR) is 170 cm³/mol. The Labute approximate surface area is 247 Å². The lowest BCUT2D eigenvalue weighted by molar-refractivity contribution is 0.396. The summed E-state index contributed by atoms with van der Waals surface area (Å²) < 4.78 is 2.11. The Morgan fingerprint density at radius 3 is 1.37 bits per heavy atom. The van der Waals surface area contributed by atoms with Gasteiger partial charge >= 0.3 is 0 Å². The molecule has 6 aromatic rings. The molecule has 8 bridgehead atoms. The lowest BCUT2D eigenvalue weighted by Gasteiger charge is -2.19. The van der Waals surface area contributed by atoms with Crippen LogP contribution in [0.5, 0.6) is 0 Å². The minimum atomic E-state index is -0.247. The van der Waals surface area contributed by atoms with E-state index in [0.717, 1.165) is 78.1 Å². The second kappa shape index (κ2) is 8.75. The number of aromatic amines is 1. The highest BCUT2D eigenvalue weighted by Crippen LogP contribution is 2.42. The summed E-state index contributed by atoms with van der Waals surface area (Å²) in [6, 6.07) is 33.6. The van der Waals surface area contributed by atoms with Crippen LogP contribution in [0.1, 0.15) is 34.6 Å². The predicted octanol–water partition coefficient (Wildman–Crippen LogP) is 5.66. The highest BCUT2D eigenvalue weighted by Gasteiger charge is 2.35. The quantitative estimate of drug-likeness (QED) is 0.260. The second-order valence-corrected chi connectivity index (χ2v) is 11.4. The molecule has 8 heteroatoms. The van der Waals surface area contributed by atoms with Crippen molar-refractivity contribution in [1.29, 1.82) is 0 Å². The number of aromatic nitrogens is 2. The molecular formula is C35H28N8. The van der Waals surface area contributed by atoms with Crippen LogP contribution in [0.4, 0.5) is 11.6 Å². The van der Waals surface area contributed by atoms with Gasteiger partial charge in [-0.25, -0.2) is 20.0 Å². The van der Waals surface area contributed by atoms with Gasteiger partial charge in [0.1, 0.15) is 34.3 Å². The molecule has 9 rings (SSSR count). The minimum absolute atomic E-state index is 0.247. The molecule has 1 N–H and O–H groups in total. The Hall–Kier alpha value is -5.50. The summed E-state index contributed by atoms with van der Waals surface area (Å²) in [5.41, 5.74) is 6.02. The summed E-state index contributed by atoms with van der Waals surface area (Å²) in [6.45, 7) is 0. The van der Waals surface area contributed by atoms with Crippen molar-refractivity contribution in [1.82, 2.24) is 19.4 Å². The van der Waals surface area contributed by atoms with Crippen LogP contribution in [-0.2, 0) is 7.05 Å². The zero-order chi connectivity index (χ0) is 28.8. The largest absolute Gasteiger partial charge is 0.333 e. The zero-order valence-electron chi connectivity index (χ0n) is 24.0. The number of hydrogen-bond donors (Lipinski definition) is 1. The van der Waals surface area contributed by atoms with E-state index in [0.29, 0.717) is 0 Å². The molecule has 0 amide bonds. The van der Waals surface area contributed by atoms with E-state index in [1.807, 2.05) is 0 Å². The van der Waals surface area contributed by atoms with E-state index in [-0.39, 0.29) is 12.3 Å². The Balaban J connectivity index is 1.44. The van der Waals surface area contributed by atoms with E-state index in [4.69, 9.17) is 20.0 Å². The van der Waals surface area contributed by atoms with E-state index in [2.05, 4.69) is 138 Å². The van der Waals surface area contributed by atoms with Gasteiger partial charge < -0.3 is 19.4 Å². The van der Waals surface area contributed by atoms with E-state index in [1.54, 1.807) is 0 Å². The molecule has 5 heterocycles. The first kappa shape index (κ1) is 24.1. The molecule has 3 aliphatic rings. The maximum Gasteiger partial charge on any atom is 0.151 e. The number of amidine groups is 2. The van der Waals surface area contributed by atoms with E-state index >= 15 is 0 Å². The highest BCUT2D eigenvalue weighted by molar-refractivity contribution is 6.10. The van der Waals surface area contributed by atoms with Crippen molar-refractivity contribution in [2.75, 3.05) is 14.1 Å². The van der Waals surface area contributed by atoms with Crippen LogP contribution in [0.15, 0.2) is 117 Å². The van der Waals surface area contributed by atoms with Crippen molar-refractivity contribution in [3.8, 4) is 0 Å². The SMILES string of the molecule is CN1C2=Nc3c4ccccc4c(n3C)N=C3c4ccccc4C(N=c4[nH]c(c5ccccc45)=NC1c1ccccc12)N3C. The third-order valence-corrected chi connectivity index (χ3v) is 9.01. The van der Waals surface area contributed by atoms with Gasteiger partial charge in [-0.15, -0.1) is 0 Å². The number of H-pyrrole nitrogens is 1. The number of hydrogen-bond acceptors (Lipinski definition) is 6. The van der Waals surface area contributed by atoms with Gasteiger partial charge in [0.15, 0.2) is 12.3 Å². The normalized spacial score (nSPS) is 18.7. The lowest BCUT2D eigenvalue weighted by Crippen LogP contribution is -2.26. The summed E-state index contributed by atoms with van der Waals surface area (Å²) in [5.74, 6) is 3.49. The number of aliphatic imine (C=N–C) groups is 2. The van der Waals surface area contributed by atoms with Crippen LogP contribution in [-0.4, -0.2) is 45.1 Å². The van der Waals surface area contributed by atoms with E-state index in [1.165, 1.54) is 0 Å². The minimum Gasteiger partial charge on any atom is -0.333 e. The Morgan fingerprint density at radius 2 is 0.907 bits per heavy atom. The van der Waals surface area contributed by atoms with E-state index in [9.17, 15) is 0 Å². The second-order valence-electron chi connectivity index (χ2n) is 11.4. The average molecular weight is 561 g/mol. The van der Waals surface area contributed by atoms with Crippen molar-refractivity contribution in [2.24, 2.45) is 27.0 Å². The monoisotopic (exact) mass is 560 g/mol. The molecule has 208 valence electrons. The van der Waals surface area contributed by atoms with E-state index < -0.39 is 0 Å². The van der Waals surface area contributed by atoms with Crippen LogP contribution in [0.2, 0.25) is 0 Å². The first-order valence-corrected chi connectivity index (χ1v) is 14.5. The lowest BCUT2D eigenvalue weighted by atomic mass is 10.1. The molecule has 0 saturated heterocycles. The fourth-order valence-corrected chi connectivity index (χ4v) is 6.87. The molecule has 0 spiro atoms. The van der Waals surface area contributed by atoms with Crippen molar-refractivity contribution in [3.05, 3.63) is 130 Å². The topological polar surface area (TPSA) is 76.6 Å². The van der Waals surface area contributed by atoms with Crippen molar-refractivity contribution in [3.63, 3.8) is 0 Å². The summed E-state index contributed by atoms with van der Waals surface area (Å²) >= 11 is 0. The summed E-state index contributed by atoms with van der Waals surface area (Å²) in [7, 11) is 6.20. The van der Waals surface area contributed by atoms with Crippen molar-refractivity contribution >= 4 is 44.9 Å². The maximum absolute atomic E-state index is 5.37. The fourth-order valence-electron chi connectivity index (χ4n) is 6.87. The Kier molecular flexibility index (Phi) is 4.91. The maximum atomic E-state index is 5.37. The molecule has 8 nitrogen and oxygen atoms in total. The van der Waals surface area contributed by atoms with Crippen LogP contribution >= 0.6 is 0 Å². The molecule has 4 aromatic carbocycles. The number of nitrogens with zero attached hydrogens (tertiary/aromatic N) is 7. The van der Waals surface area contributed by atoms with Crippen LogP contribution in [0.3, 0.4) is 0 Å². The molecule has 0 aliphatic carbocycles. The molecule has 0 saturated carbocycles. The summed E-state index contributed by atoms with van der Waals surface area (Å²) in [6.07, 6.45) is -0.494. The van der Waals surface area contributed by atoms with Crippen LogP contribution < -0.4 is 11.0 Å². The first-order valence-electron chi connectivity index (χ1n) is 14.5. The summed E-state index contributed by atoms with van der Waals surface area (Å²) in [5, 5.41) is 4.20. The molecule has 0 fully saturated rings. The zero-order valence-corrected chi connectivity index (χ0v) is 24.0. The fraction of sp³-hybridized carbons (Fsp3) is 0.143. The molecule has 2 unspecified atom stereocenters. The third-order valence-electron chi connectivity index (χ3n) is 9.01. The third kappa shape index (κ3) is 3.31. The van der Waals surface area contributed by atoms with Gasteiger partial charge in [0.05, 0.1) is 0 Å². The van der Waals surface area contributed by atoms with Gasteiger partial charge in [-0.05, 0) is 0 Å². The first-order chi connectivity index (χ1) is 21.1.